The molecule has 0 radical (unpaired) electrons. The van der Waals surface area contributed by atoms with Crippen molar-refractivity contribution < 1.29 is 4.79 Å². The average Bonchev–Trinajstić information content (AvgIpc) is 3.18. The molecule has 1 aliphatic heterocycles. The minimum Gasteiger partial charge on any atom is -0.352 e. The van der Waals surface area contributed by atoms with Gasteiger partial charge in [-0.1, -0.05) is 24.3 Å². The van der Waals surface area contributed by atoms with E-state index in [0.717, 1.165) is 25.8 Å². The third kappa shape index (κ3) is 3.87. The van der Waals surface area contributed by atoms with Crippen molar-refractivity contribution in [2.45, 2.75) is 51.2 Å². The number of nitrogens with zero attached hydrogens (tertiary/aromatic N) is 1. The van der Waals surface area contributed by atoms with Crippen LogP contribution in [0.1, 0.15) is 43.2 Å². The van der Waals surface area contributed by atoms with Gasteiger partial charge in [-0.25, -0.2) is 0 Å². The summed E-state index contributed by atoms with van der Waals surface area (Å²) >= 11 is 0. The smallest absolute Gasteiger partial charge is 0.223 e. The fraction of sp³-hybridized carbons (Fsp3) is 0.611. The Morgan fingerprint density at radius 3 is 2.59 bits per heavy atom. The van der Waals surface area contributed by atoms with Gasteiger partial charge in [-0.2, -0.15) is 0 Å². The highest BCUT2D eigenvalue weighted by Crippen LogP contribution is 2.24. The summed E-state index contributed by atoms with van der Waals surface area (Å²) in [4.78, 5) is 14.7. The van der Waals surface area contributed by atoms with E-state index in [1.807, 2.05) is 0 Å². The van der Waals surface area contributed by atoms with Crippen molar-refractivity contribution in [2.24, 2.45) is 11.7 Å². The molecule has 2 unspecified atom stereocenters. The Bertz CT molecular complexity index is 511. The summed E-state index contributed by atoms with van der Waals surface area (Å²) in [6.07, 6.45) is 5.36. The quantitative estimate of drug-likeness (QED) is 0.875. The van der Waals surface area contributed by atoms with Crippen LogP contribution in [-0.4, -0.2) is 29.9 Å². The number of hydrogen-bond donors (Lipinski definition) is 2. The van der Waals surface area contributed by atoms with Gasteiger partial charge in [0.15, 0.2) is 0 Å². The van der Waals surface area contributed by atoms with Crippen LogP contribution in [-0.2, 0) is 17.9 Å². The second kappa shape index (κ2) is 7.25. The zero-order chi connectivity index (χ0) is 15.4. The van der Waals surface area contributed by atoms with Gasteiger partial charge in [0.1, 0.15) is 0 Å². The topological polar surface area (TPSA) is 58.4 Å². The third-order valence-electron chi connectivity index (χ3n) is 5.01. The Labute approximate surface area is 133 Å². The van der Waals surface area contributed by atoms with Crippen molar-refractivity contribution in [2.75, 3.05) is 13.1 Å². The number of carbonyl (C=O) groups is 1. The van der Waals surface area contributed by atoms with Crippen molar-refractivity contribution in [3.05, 3.63) is 35.4 Å². The maximum absolute atomic E-state index is 12.2. The molecule has 1 saturated heterocycles. The van der Waals surface area contributed by atoms with Crippen LogP contribution in [0.15, 0.2) is 24.3 Å². The molecule has 1 saturated carbocycles. The summed E-state index contributed by atoms with van der Waals surface area (Å²) in [6, 6.07) is 8.67. The van der Waals surface area contributed by atoms with Crippen molar-refractivity contribution in [1.29, 1.82) is 0 Å². The number of rotatable bonds is 5. The second-order valence-corrected chi connectivity index (χ2v) is 6.74. The molecule has 2 atom stereocenters. The lowest BCUT2D eigenvalue weighted by molar-refractivity contribution is -0.125. The first-order valence-electron chi connectivity index (χ1n) is 8.55. The Hall–Kier alpha value is -1.39. The van der Waals surface area contributed by atoms with E-state index < -0.39 is 0 Å². The maximum atomic E-state index is 12.2. The van der Waals surface area contributed by atoms with Gasteiger partial charge in [0.05, 0.1) is 0 Å². The Balaban J connectivity index is 1.56. The van der Waals surface area contributed by atoms with E-state index in [4.69, 9.17) is 5.73 Å². The minimum atomic E-state index is 0.112. The Kier molecular flexibility index (Phi) is 5.11. The van der Waals surface area contributed by atoms with Gasteiger partial charge in [0.2, 0.25) is 5.91 Å². The van der Waals surface area contributed by atoms with Crippen LogP contribution in [0.2, 0.25) is 0 Å². The molecule has 0 bridgehead atoms. The molecule has 22 heavy (non-hydrogen) atoms. The molecule has 1 aromatic carbocycles. The molecule has 4 nitrogen and oxygen atoms in total. The molecule has 120 valence electrons. The summed E-state index contributed by atoms with van der Waals surface area (Å²) in [5.41, 5.74) is 8.48. The molecule has 1 aromatic rings. The molecule has 1 heterocycles. The van der Waals surface area contributed by atoms with Crippen LogP contribution < -0.4 is 11.1 Å². The van der Waals surface area contributed by atoms with Crippen LogP contribution in [0.25, 0.3) is 0 Å². The number of nitrogens with two attached hydrogens (primary N) is 1. The molecule has 3 N–H and O–H groups in total. The number of carbonyl (C=O) groups excluding carboxylic acids is 1. The summed E-state index contributed by atoms with van der Waals surface area (Å²) in [6.45, 7) is 4.02. The number of likely N-dealkylation sites (tertiary alicyclic amines) is 1. The summed E-state index contributed by atoms with van der Waals surface area (Å²) in [7, 11) is 0. The average molecular weight is 301 g/mol. The van der Waals surface area contributed by atoms with E-state index in [0.29, 0.717) is 6.54 Å². The molecule has 1 amide bonds. The van der Waals surface area contributed by atoms with Crippen LogP contribution >= 0.6 is 0 Å². The summed E-state index contributed by atoms with van der Waals surface area (Å²) < 4.78 is 0. The van der Waals surface area contributed by atoms with Crippen molar-refractivity contribution in [1.82, 2.24) is 10.2 Å². The van der Waals surface area contributed by atoms with Crippen LogP contribution in [0.5, 0.6) is 0 Å². The van der Waals surface area contributed by atoms with E-state index in [9.17, 15) is 4.79 Å². The predicted molar refractivity (Wildman–Crippen MR) is 88.1 cm³/mol. The molecule has 3 rings (SSSR count). The van der Waals surface area contributed by atoms with E-state index in [1.54, 1.807) is 0 Å². The monoisotopic (exact) mass is 301 g/mol. The Morgan fingerprint density at radius 1 is 1.18 bits per heavy atom. The van der Waals surface area contributed by atoms with Gasteiger partial charge in [-0.15, -0.1) is 0 Å². The highest BCUT2D eigenvalue weighted by Gasteiger charge is 2.27. The lowest BCUT2D eigenvalue weighted by atomic mass is 10.0. The zero-order valence-corrected chi connectivity index (χ0v) is 13.3. The SMILES string of the molecule is NC1CCC(C(=O)NCc2ccccc2CN2CCCC2)C1. The number of hydrogen-bond acceptors (Lipinski definition) is 3. The standard InChI is InChI=1S/C18H27N3O/c19-17-8-7-14(11-17)18(22)20-12-15-5-1-2-6-16(15)13-21-9-3-4-10-21/h1-2,5-6,14,17H,3-4,7-13,19H2,(H,20,22). The zero-order valence-electron chi connectivity index (χ0n) is 13.3. The van der Waals surface area contributed by atoms with Gasteiger partial charge < -0.3 is 11.1 Å². The highest BCUT2D eigenvalue weighted by atomic mass is 16.1. The summed E-state index contributed by atoms with van der Waals surface area (Å²) in [5.74, 6) is 0.282. The van der Waals surface area contributed by atoms with E-state index in [1.165, 1.54) is 37.1 Å². The fourth-order valence-electron chi connectivity index (χ4n) is 3.65. The molecule has 0 spiro atoms. The highest BCUT2D eigenvalue weighted by molar-refractivity contribution is 5.79. The third-order valence-corrected chi connectivity index (χ3v) is 5.01. The van der Waals surface area contributed by atoms with Crippen LogP contribution in [0.3, 0.4) is 0 Å². The Morgan fingerprint density at radius 2 is 1.91 bits per heavy atom. The first-order chi connectivity index (χ1) is 10.7. The van der Waals surface area contributed by atoms with Gasteiger partial charge in [0.25, 0.3) is 0 Å². The lowest BCUT2D eigenvalue weighted by Gasteiger charge is -2.18. The normalized spacial score (nSPS) is 25.5. The maximum Gasteiger partial charge on any atom is 0.223 e. The van der Waals surface area contributed by atoms with Crippen LogP contribution in [0.4, 0.5) is 0 Å². The lowest BCUT2D eigenvalue weighted by Crippen LogP contribution is -2.30. The fourth-order valence-corrected chi connectivity index (χ4v) is 3.65. The first-order valence-corrected chi connectivity index (χ1v) is 8.55. The molecular weight excluding hydrogens is 274 g/mol. The molecule has 2 aliphatic rings. The van der Waals surface area contributed by atoms with E-state index in [2.05, 4.69) is 34.5 Å². The summed E-state index contributed by atoms with van der Waals surface area (Å²) in [5, 5.41) is 3.11. The largest absolute Gasteiger partial charge is 0.352 e. The number of benzene rings is 1. The number of nitrogens with one attached hydrogen (secondary N) is 1. The van der Waals surface area contributed by atoms with E-state index in [-0.39, 0.29) is 17.9 Å². The molecule has 1 aliphatic carbocycles. The predicted octanol–water partition coefficient (Wildman–Crippen LogP) is 2.03. The minimum absolute atomic E-state index is 0.112. The molecular formula is C18H27N3O. The first kappa shape index (κ1) is 15.5. The van der Waals surface area contributed by atoms with Crippen molar-refractivity contribution >= 4 is 5.91 Å². The molecule has 2 fully saturated rings. The van der Waals surface area contributed by atoms with Gasteiger partial charge in [-0.05, 0) is 56.3 Å². The van der Waals surface area contributed by atoms with Crippen molar-refractivity contribution in [3.8, 4) is 0 Å². The van der Waals surface area contributed by atoms with Gasteiger partial charge in [-0.3, -0.25) is 9.69 Å². The molecule has 0 aromatic heterocycles. The van der Waals surface area contributed by atoms with Crippen molar-refractivity contribution in [3.63, 3.8) is 0 Å². The molecule has 4 heteroatoms. The second-order valence-electron chi connectivity index (χ2n) is 6.74. The van der Waals surface area contributed by atoms with Gasteiger partial charge >= 0.3 is 0 Å². The van der Waals surface area contributed by atoms with Gasteiger partial charge in [0, 0.05) is 25.0 Å². The van der Waals surface area contributed by atoms with E-state index >= 15 is 0 Å². The number of amides is 1. The van der Waals surface area contributed by atoms with Crippen LogP contribution in [0, 0.1) is 5.92 Å².